The van der Waals surface area contributed by atoms with E-state index in [9.17, 15) is 9.59 Å². The smallest absolute Gasteiger partial charge is 0.263 e. The number of ether oxygens (including phenoxy) is 1. The van der Waals surface area contributed by atoms with E-state index in [0.29, 0.717) is 38.4 Å². The molecule has 1 spiro atoms. The number of aromatic amines is 1. The third-order valence-electron chi connectivity index (χ3n) is 5.84. The maximum atomic E-state index is 12.8. The van der Waals surface area contributed by atoms with Crippen molar-refractivity contribution in [2.45, 2.75) is 24.9 Å². The summed E-state index contributed by atoms with van der Waals surface area (Å²) in [5, 5.41) is 0. The lowest BCUT2D eigenvalue weighted by atomic mass is 9.82. The zero-order chi connectivity index (χ0) is 20.7. The Bertz CT molecular complexity index is 1160. The number of nitrogens with two attached hydrogens (primary N) is 1. The lowest BCUT2D eigenvalue weighted by Crippen LogP contribution is -2.48. The first kappa shape index (κ1) is 19.0. The van der Waals surface area contributed by atoms with Crippen molar-refractivity contribution in [1.29, 1.82) is 0 Å². The zero-order valence-corrected chi connectivity index (χ0v) is 17.1. The average Bonchev–Trinajstić information content (AvgIpc) is 3.21. The second kappa shape index (κ2) is 7.33. The number of piperidine rings is 1. The minimum atomic E-state index is -0.413. The second-order valence-corrected chi connectivity index (χ2v) is 8.71. The van der Waals surface area contributed by atoms with Gasteiger partial charge in [-0.25, -0.2) is 9.97 Å². The van der Waals surface area contributed by atoms with Gasteiger partial charge in [0.05, 0.1) is 29.1 Å². The fourth-order valence-corrected chi connectivity index (χ4v) is 5.48. The number of hydrogen-bond donors (Lipinski definition) is 2. The van der Waals surface area contributed by atoms with Crippen LogP contribution in [0.4, 0.5) is 5.82 Å². The number of pyridine rings is 1. The van der Waals surface area contributed by atoms with Crippen LogP contribution >= 0.6 is 11.3 Å². The molecule has 2 aliphatic rings. The average molecular weight is 423 g/mol. The van der Waals surface area contributed by atoms with Crippen molar-refractivity contribution in [3.8, 4) is 10.6 Å². The summed E-state index contributed by atoms with van der Waals surface area (Å²) in [6.45, 7) is 1.70. The summed E-state index contributed by atoms with van der Waals surface area (Å²) >= 11 is 1.74. The standard InChI is InChI=1S/C21H21N5O3S/c22-18-3-1-2-15(25-18)17-10-14-16(30-17)4-9-29-21(14)5-7-26(8-6-21)20(28)13-11-23-12-24-19(13)27/h1-3,10-12H,4-9H2,(H2,22,25)(H,23,24,27). The summed E-state index contributed by atoms with van der Waals surface area (Å²) in [6, 6.07) is 7.83. The Labute approximate surface area is 176 Å². The van der Waals surface area contributed by atoms with E-state index in [1.54, 1.807) is 22.3 Å². The first-order valence-corrected chi connectivity index (χ1v) is 10.7. The van der Waals surface area contributed by atoms with Crippen LogP contribution < -0.4 is 11.3 Å². The third-order valence-corrected chi connectivity index (χ3v) is 7.05. The second-order valence-electron chi connectivity index (χ2n) is 7.57. The highest BCUT2D eigenvalue weighted by molar-refractivity contribution is 7.15. The highest BCUT2D eigenvalue weighted by atomic mass is 32.1. The van der Waals surface area contributed by atoms with Crippen molar-refractivity contribution >= 4 is 23.1 Å². The summed E-state index contributed by atoms with van der Waals surface area (Å²) in [7, 11) is 0. The molecular formula is C21H21N5O3S. The number of H-pyrrole nitrogens is 1. The minimum Gasteiger partial charge on any atom is -0.384 e. The minimum absolute atomic E-state index is 0.0734. The number of carbonyl (C=O) groups excluding carboxylic acids is 1. The first-order valence-electron chi connectivity index (χ1n) is 9.88. The third kappa shape index (κ3) is 3.20. The van der Waals surface area contributed by atoms with Gasteiger partial charge in [0.1, 0.15) is 11.4 Å². The number of amides is 1. The molecular weight excluding hydrogens is 402 g/mol. The Morgan fingerprint density at radius 3 is 2.90 bits per heavy atom. The first-order chi connectivity index (χ1) is 14.6. The quantitative estimate of drug-likeness (QED) is 0.653. The number of likely N-dealkylation sites (tertiary alicyclic amines) is 1. The molecule has 5 heterocycles. The molecule has 1 amide bonds. The van der Waals surface area contributed by atoms with Gasteiger partial charge in [-0.05, 0) is 36.6 Å². The Hall–Kier alpha value is -3.04. The molecule has 0 bridgehead atoms. The van der Waals surface area contributed by atoms with E-state index in [-0.39, 0.29) is 11.5 Å². The maximum Gasteiger partial charge on any atom is 0.263 e. The van der Waals surface area contributed by atoms with Crippen LogP contribution in [0.15, 0.2) is 41.6 Å². The largest absolute Gasteiger partial charge is 0.384 e. The van der Waals surface area contributed by atoms with Gasteiger partial charge in [0, 0.05) is 30.6 Å². The van der Waals surface area contributed by atoms with Crippen LogP contribution in [0.25, 0.3) is 10.6 Å². The maximum absolute atomic E-state index is 12.8. The van der Waals surface area contributed by atoms with Gasteiger partial charge in [-0.1, -0.05) is 6.07 Å². The van der Waals surface area contributed by atoms with Crippen LogP contribution in [-0.2, 0) is 16.8 Å². The number of thiophene rings is 1. The normalized spacial score (nSPS) is 17.7. The molecule has 1 fully saturated rings. The molecule has 5 rings (SSSR count). The van der Waals surface area contributed by atoms with E-state index in [0.717, 1.165) is 17.0 Å². The summed E-state index contributed by atoms with van der Waals surface area (Å²) in [6.07, 6.45) is 4.85. The van der Waals surface area contributed by atoms with E-state index in [4.69, 9.17) is 10.5 Å². The molecule has 154 valence electrons. The lowest BCUT2D eigenvalue weighted by Gasteiger charge is -2.44. The predicted molar refractivity (Wildman–Crippen MR) is 113 cm³/mol. The van der Waals surface area contributed by atoms with E-state index < -0.39 is 11.2 Å². The number of aromatic nitrogens is 3. The van der Waals surface area contributed by atoms with Gasteiger partial charge in [-0.15, -0.1) is 11.3 Å². The molecule has 3 N–H and O–H groups in total. The molecule has 0 saturated carbocycles. The van der Waals surface area contributed by atoms with Gasteiger partial charge in [0.2, 0.25) is 0 Å². The molecule has 0 atom stereocenters. The summed E-state index contributed by atoms with van der Waals surface area (Å²) in [5.74, 6) is 0.215. The predicted octanol–water partition coefficient (Wildman–Crippen LogP) is 2.18. The molecule has 1 saturated heterocycles. The summed E-state index contributed by atoms with van der Waals surface area (Å²) < 4.78 is 6.31. The number of nitrogens with one attached hydrogen (secondary N) is 1. The van der Waals surface area contributed by atoms with E-state index in [1.165, 1.54) is 23.0 Å². The molecule has 9 heteroatoms. The van der Waals surface area contributed by atoms with Crippen molar-refractivity contribution in [2.75, 3.05) is 25.4 Å². The van der Waals surface area contributed by atoms with Crippen molar-refractivity contribution in [3.05, 3.63) is 63.1 Å². The van der Waals surface area contributed by atoms with Crippen LogP contribution in [0.3, 0.4) is 0 Å². The number of anilines is 1. The molecule has 0 radical (unpaired) electrons. The van der Waals surface area contributed by atoms with Gasteiger partial charge in [0.25, 0.3) is 11.5 Å². The van der Waals surface area contributed by atoms with Crippen molar-refractivity contribution < 1.29 is 9.53 Å². The number of nitrogen functional groups attached to an aromatic ring is 1. The van der Waals surface area contributed by atoms with Crippen LogP contribution in [0.5, 0.6) is 0 Å². The van der Waals surface area contributed by atoms with Crippen molar-refractivity contribution in [3.63, 3.8) is 0 Å². The van der Waals surface area contributed by atoms with Crippen LogP contribution in [0.1, 0.15) is 33.6 Å². The van der Waals surface area contributed by atoms with Crippen molar-refractivity contribution in [1.82, 2.24) is 19.9 Å². The van der Waals surface area contributed by atoms with Crippen LogP contribution in [-0.4, -0.2) is 45.5 Å². The lowest BCUT2D eigenvalue weighted by molar-refractivity contribution is -0.0926. The molecule has 8 nitrogen and oxygen atoms in total. The Kier molecular flexibility index (Phi) is 4.63. The Morgan fingerprint density at radius 1 is 1.30 bits per heavy atom. The molecule has 30 heavy (non-hydrogen) atoms. The van der Waals surface area contributed by atoms with E-state index in [2.05, 4.69) is 21.0 Å². The molecule has 0 aromatic carbocycles. The molecule has 0 aliphatic carbocycles. The summed E-state index contributed by atoms with van der Waals surface area (Å²) in [5.41, 5.74) is 7.18. The van der Waals surface area contributed by atoms with E-state index in [1.807, 2.05) is 12.1 Å². The molecule has 3 aromatic heterocycles. The number of hydrogen-bond acceptors (Lipinski definition) is 7. The van der Waals surface area contributed by atoms with Crippen molar-refractivity contribution in [2.24, 2.45) is 0 Å². The van der Waals surface area contributed by atoms with Crippen LogP contribution in [0.2, 0.25) is 0 Å². The van der Waals surface area contributed by atoms with Crippen LogP contribution in [0, 0.1) is 0 Å². The van der Waals surface area contributed by atoms with Gasteiger partial charge >= 0.3 is 0 Å². The fraction of sp³-hybridized carbons (Fsp3) is 0.333. The molecule has 2 aliphatic heterocycles. The number of nitrogens with zero attached hydrogens (tertiary/aromatic N) is 3. The number of rotatable bonds is 2. The highest BCUT2D eigenvalue weighted by Gasteiger charge is 2.43. The SMILES string of the molecule is Nc1cccc(-c2cc3c(s2)CCOC32CCN(C(=O)c3cnc[nH]c3=O)CC2)n1. The zero-order valence-electron chi connectivity index (χ0n) is 16.3. The van der Waals surface area contributed by atoms with E-state index >= 15 is 0 Å². The Balaban J connectivity index is 1.40. The van der Waals surface area contributed by atoms with Gasteiger partial charge in [0.15, 0.2) is 0 Å². The monoisotopic (exact) mass is 423 g/mol. The molecule has 0 unspecified atom stereocenters. The number of carbonyl (C=O) groups is 1. The Morgan fingerprint density at radius 2 is 2.13 bits per heavy atom. The topological polar surface area (TPSA) is 114 Å². The fourth-order valence-electron chi connectivity index (χ4n) is 4.28. The van der Waals surface area contributed by atoms with Gasteiger partial charge in [-0.3, -0.25) is 9.59 Å². The van der Waals surface area contributed by atoms with Gasteiger partial charge < -0.3 is 20.4 Å². The molecule has 3 aromatic rings. The highest BCUT2D eigenvalue weighted by Crippen LogP contribution is 2.46. The summed E-state index contributed by atoms with van der Waals surface area (Å²) in [4.78, 5) is 39.6. The van der Waals surface area contributed by atoms with Gasteiger partial charge in [-0.2, -0.15) is 0 Å². The number of fused-ring (bicyclic) bond motifs is 2.